The molecule has 0 saturated carbocycles. The molecule has 0 bridgehead atoms. The molecule has 2 N–H and O–H groups in total. The molecule has 1 aromatic heterocycles. The van der Waals surface area contributed by atoms with Crippen LogP contribution in [0.4, 0.5) is 15.8 Å². The number of anilines is 2. The average Bonchev–Trinajstić information content (AvgIpc) is 2.98. The van der Waals surface area contributed by atoms with Crippen LogP contribution >= 0.6 is 0 Å². The summed E-state index contributed by atoms with van der Waals surface area (Å²) in [6, 6.07) is 6.40. The summed E-state index contributed by atoms with van der Waals surface area (Å²) in [6.45, 7) is 3.90. The lowest BCUT2D eigenvalue weighted by Gasteiger charge is -2.33. The Bertz CT molecular complexity index is 876. The quantitative estimate of drug-likeness (QED) is 0.854. The molecule has 1 saturated heterocycles. The van der Waals surface area contributed by atoms with Crippen LogP contribution in [0.2, 0.25) is 0 Å². The molecule has 6 nitrogen and oxygen atoms in total. The number of nitrogens with zero attached hydrogens (tertiary/aromatic N) is 3. The van der Waals surface area contributed by atoms with Gasteiger partial charge in [0, 0.05) is 19.3 Å². The summed E-state index contributed by atoms with van der Waals surface area (Å²) in [5.74, 6) is -0.463. The third kappa shape index (κ3) is 3.10. The van der Waals surface area contributed by atoms with Crippen molar-refractivity contribution in [2.75, 3.05) is 30.8 Å². The number of aromatic nitrogens is 1. The van der Waals surface area contributed by atoms with Gasteiger partial charge in [-0.05, 0) is 37.0 Å². The van der Waals surface area contributed by atoms with Crippen molar-refractivity contribution in [1.82, 2.24) is 4.57 Å². The maximum absolute atomic E-state index is 14.0. The van der Waals surface area contributed by atoms with E-state index in [2.05, 4.69) is 11.8 Å². The molecule has 1 aromatic carbocycles. The normalized spacial score (nSPS) is 14.9. The Kier molecular flexibility index (Phi) is 4.85. The number of benzene rings is 1. The van der Waals surface area contributed by atoms with Crippen LogP contribution in [0.3, 0.4) is 0 Å². The lowest BCUT2D eigenvalue weighted by Crippen LogP contribution is -2.33. The van der Waals surface area contributed by atoms with E-state index in [1.54, 1.807) is 6.07 Å². The molecule has 1 aliphatic rings. The second-order valence-electron chi connectivity index (χ2n) is 6.58. The maximum Gasteiger partial charge on any atom is 0.357 e. The SMILES string of the molecule is COC(=O)c1c(N)c(C#N)cn1-c1cc(F)ccc1N1CCC(C)CC1. The number of hydrogen-bond acceptors (Lipinski definition) is 5. The van der Waals surface area contributed by atoms with E-state index in [0.717, 1.165) is 31.6 Å². The number of hydrogen-bond donors (Lipinski definition) is 1. The highest BCUT2D eigenvalue weighted by atomic mass is 19.1. The number of ether oxygens (including phenoxy) is 1. The van der Waals surface area contributed by atoms with Gasteiger partial charge in [-0.2, -0.15) is 5.26 Å². The first-order chi connectivity index (χ1) is 12.5. The number of nitriles is 1. The van der Waals surface area contributed by atoms with Crippen molar-refractivity contribution in [2.24, 2.45) is 5.92 Å². The summed E-state index contributed by atoms with van der Waals surface area (Å²) in [7, 11) is 1.24. The van der Waals surface area contributed by atoms with Crippen LogP contribution in [0.25, 0.3) is 5.69 Å². The molecule has 2 heterocycles. The molecule has 0 aliphatic carbocycles. The Labute approximate surface area is 151 Å². The smallest absolute Gasteiger partial charge is 0.357 e. The van der Waals surface area contributed by atoms with Crippen molar-refractivity contribution in [3.05, 3.63) is 41.5 Å². The third-order valence-electron chi connectivity index (χ3n) is 4.86. The van der Waals surface area contributed by atoms with Crippen molar-refractivity contribution in [2.45, 2.75) is 19.8 Å². The predicted molar refractivity (Wildman–Crippen MR) is 96.8 cm³/mol. The number of piperidine rings is 1. The summed E-state index contributed by atoms with van der Waals surface area (Å²) in [5, 5.41) is 9.28. The highest BCUT2D eigenvalue weighted by molar-refractivity contribution is 5.96. The number of methoxy groups -OCH3 is 1. The zero-order valence-corrected chi connectivity index (χ0v) is 14.8. The molecule has 0 spiro atoms. The fraction of sp³-hybridized carbons (Fsp3) is 0.368. The first-order valence-electron chi connectivity index (χ1n) is 8.50. The largest absolute Gasteiger partial charge is 0.464 e. The Morgan fingerprint density at radius 1 is 1.35 bits per heavy atom. The first kappa shape index (κ1) is 17.8. The Morgan fingerprint density at radius 2 is 2.04 bits per heavy atom. The van der Waals surface area contributed by atoms with Crippen molar-refractivity contribution in [1.29, 1.82) is 5.26 Å². The van der Waals surface area contributed by atoms with Gasteiger partial charge < -0.3 is 19.9 Å². The Hall–Kier alpha value is -3.01. The van der Waals surface area contributed by atoms with E-state index in [-0.39, 0.29) is 16.9 Å². The highest BCUT2D eigenvalue weighted by Crippen LogP contribution is 2.33. The summed E-state index contributed by atoms with van der Waals surface area (Å²) >= 11 is 0. The van der Waals surface area contributed by atoms with Crippen molar-refractivity contribution in [3.8, 4) is 11.8 Å². The van der Waals surface area contributed by atoms with Gasteiger partial charge in [0.2, 0.25) is 0 Å². The van der Waals surface area contributed by atoms with Crippen molar-refractivity contribution in [3.63, 3.8) is 0 Å². The standard InChI is InChI=1S/C19H21FN4O2/c1-12-5-7-23(8-6-12)15-4-3-14(20)9-16(15)24-11-13(10-21)17(22)18(24)19(25)26-2/h3-4,9,11-12H,5-8,22H2,1-2H3. The topological polar surface area (TPSA) is 84.3 Å². The first-order valence-corrected chi connectivity index (χ1v) is 8.50. The number of nitrogen functional groups attached to an aromatic ring is 1. The summed E-state index contributed by atoms with van der Waals surface area (Å²) in [6.07, 6.45) is 3.53. The van der Waals surface area contributed by atoms with Crippen LogP contribution < -0.4 is 10.6 Å². The van der Waals surface area contributed by atoms with E-state index in [9.17, 15) is 14.4 Å². The monoisotopic (exact) mass is 356 g/mol. The van der Waals surface area contributed by atoms with Gasteiger partial charge in [0.15, 0.2) is 5.69 Å². The third-order valence-corrected chi connectivity index (χ3v) is 4.86. The number of carbonyl (C=O) groups is 1. The molecule has 0 atom stereocenters. The van der Waals surface area contributed by atoms with Gasteiger partial charge in [0.25, 0.3) is 0 Å². The molecule has 0 radical (unpaired) electrons. The number of esters is 1. The van der Waals surface area contributed by atoms with E-state index in [0.29, 0.717) is 11.6 Å². The minimum atomic E-state index is -0.675. The zero-order chi connectivity index (χ0) is 18.8. The van der Waals surface area contributed by atoms with Gasteiger partial charge in [-0.15, -0.1) is 0 Å². The Balaban J connectivity index is 2.17. The fourth-order valence-electron chi connectivity index (χ4n) is 3.31. The second kappa shape index (κ2) is 7.08. The van der Waals surface area contributed by atoms with Crippen LogP contribution in [0.15, 0.2) is 24.4 Å². The minimum absolute atomic E-state index is 0.0290. The van der Waals surface area contributed by atoms with Crippen LogP contribution in [0, 0.1) is 23.1 Å². The summed E-state index contributed by atoms with van der Waals surface area (Å²) in [5.41, 5.74) is 7.43. The zero-order valence-electron chi connectivity index (χ0n) is 14.8. The molecular weight excluding hydrogens is 335 g/mol. The lowest BCUT2D eigenvalue weighted by atomic mass is 9.98. The molecule has 7 heteroatoms. The molecule has 0 unspecified atom stereocenters. The highest BCUT2D eigenvalue weighted by Gasteiger charge is 2.25. The number of nitrogens with two attached hydrogens (primary N) is 1. The average molecular weight is 356 g/mol. The molecule has 2 aromatic rings. The predicted octanol–water partition coefficient (Wildman–Crippen LogP) is 3.09. The molecular formula is C19H21FN4O2. The van der Waals surface area contributed by atoms with Crippen LogP contribution in [0.5, 0.6) is 0 Å². The number of rotatable bonds is 3. The van der Waals surface area contributed by atoms with Gasteiger partial charge in [0.1, 0.15) is 11.9 Å². The minimum Gasteiger partial charge on any atom is -0.464 e. The van der Waals surface area contributed by atoms with Gasteiger partial charge in [0.05, 0.1) is 29.7 Å². The van der Waals surface area contributed by atoms with Crippen molar-refractivity contribution < 1.29 is 13.9 Å². The number of carbonyl (C=O) groups excluding carboxylic acids is 1. The van der Waals surface area contributed by atoms with Crippen LogP contribution in [-0.2, 0) is 4.74 Å². The molecule has 1 fully saturated rings. The van der Waals surface area contributed by atoms with Crippen molar-refractivity contribution >= 4 is 17.3 Å². The van der Waals surface area contributed by atoms with Crippen LogP contribution in [-0.4, -0.2) is 30.7 Å². The Morgan fingerprint density at radius 3 is 2.65 bits per heavy atom. The molecule has 26 heavy (non-hydrogen) atoms. The van der Waals surface area contributed by atoms with E-state index < -0.39 is 11.8 Å². The van der Waals surface area contributed by atoms with E-state index in [1.807, 2.05) is 6.07 Å². The summed E-state index contributed by atoms with van der Waals surface area (Å²) < 4.78 is 20.3. The van der Waals surface area contributed by atoms with E-state index in [4.69, 9.17) is 10.5 Å². The summed E-state index contributed by atoms with van der Waals surface area (Å²) in [4.78, 5) is 14.4. The molecule has 0 amide bonds. The second-order valence-corrected chi connectivity index (χ2v) is 6.58. The van der Waals surface area contributed by atoms with Gasteiger partial charge in [-0.25, -0.2) is 9.18 Å². The fourth-order valence-corrected chi connectivity index (χ4v) is 3.31. The van der Waals surface area contributed by atoms with Gasteiger partial charge in [-0.3, -0.25) is 0 Å². The van der Waals surface area contributed by atoms with Crippen LogP contribution in [0.1, 0.15) is 35.8 Å². The maximum atomic E-state index is 14.0. The molecule has 3 rings (SSSR count). The molecule has 136 valence electrons. The van der Waals surface area contributed by atoms with E-state index in [1.165, 1.54) is 30.0 Å². The number of halogens is 1. The van der Waals surface area contributed by atoms with Gasteiger partial charge in [-0.1, -0.05) is 6.92 Å². The van der Waals surface area contributed by atoms with E-state index >= 15 is 0 Å². The van der Waals surface area contributed by atoms with Gasteiger partial charge >= 0.3 is 5.97 Å². The molecule has 1 aliphatic heterocycles. The lowest BCUT2D eigenvalue weighted by molar-refractivity contribution is 0.0593.